The van der Waals surface area contributed by atoms with Crippen molar-refractivity contribution in [3.8, 4) is 0 Å². The predicted molar refractivity (Wildman–Crippen MR) is 93.6 cm³/mol. The van der Waals surface area contributed by atoms with Gasteiger partial charge in [-0.05, 0) is 43.7 Å². The first kappa shape index (κ1) is 15.9. The Bertz CT molecular complexity index is 817. The quantitative estimate of drug-likeness (QED) is 0.853. The predicted octanol–water partition coefficient (Wildman–Crippen LogP) is 2.55. The Morgan fingerprint density at radius 2 is 2.13 bits per heavy atom. The molecule has 0 spiro atoms. The minimum atomic E-state index is 0.298. The standard InChI is InChI=1S/C20H25NO2/c1-13(2)20(23)11-17-16-6-4-5-14(3)7-9-18(16)21-12-15(22)8-10-19(17)21/h4-6,9,14,23H,7-8,10-12H2,1-3H3/b5-4-,16-6-,18-9+. The van der Waals surface area contributed by atoms with Crippen molar-refractivity contribution in [1.82, 2.24) is 4.57 Å². The van der Waals surface area contributed by atoms with E-state index in [0.29, 0.717) is 36.8 Å². The lowest BCUT2D eigenvalue weighted by Crippen LogP contribution is -2.34. The van der Waals surface area contributed by atoms with Gasteiger partial charge in [-0.15, -0.1) is 0 Å². The Balaban J connectivity index is 2.25. The van der Waals surface area contributed by atoms with Crippen LogP contribution < -0.4 is 10.6 Å². The third kappa shape index (κ3) is 3.05. The molecule has 0 aromatic carbocycles. The summed E-state index contributed by atoms with van der Waals surface area (Å²) in [6.45, 7) is 6.54. The summed E-state index contributed by atoms with van der Waals surface area (Å²) in [5.74, 6) is 1.23. The van der Waals surface area contributed by atoms with Gasteiger partial charge in [0, 0.05) is 29.1 Å². The number of aliphatic hydroxyl groups excluding tert-OH is 1. The fraction of sp³-hybridized carbons (Fsp3) is 0.450. The molecule has 0 bridgehead atoms. The molecule has 0 radical (unpaired) electrons. The number of Topliss-reactive ketones (excluding diaryl/α,β-unsaturated/α-hetero) is 1. The Morgan fingerprint density at radius 3 is 2.87 bits per heavy atom. The van der Waals surface area contributed by atoms with Gasteiger partial charge in [0.05, 0.1) is 12.3 Å². The van der Waals surface area contributed by atoms with E-state index in [-0.39, 0.29) is 0 Å². The summed E-state index contributed by atoms with van der Waals surface area (Å²) in [4.78, 5) is 12.0. The summed E-state index contributed by atoms with van der Waals surface area (Å²) < 4.78 is 2.18. The van der Waals surface area contributed by atoms with Crippen molar-refractivity contribution in [2.75, 3.05) is 0 Å². The van der Waals surface area contributed by atoms with Crippen molar-refractivity contribution < 1.29 is 9.90 Å². The molecule has 122 valence electrons. The molecule has 0 fully saturated rings. The van der Waals surface area contributed by atoms with E-state index in [2.05, 4.69) is 35.8 Å². The highest BCUT2D eigenvalue weighted by Gasteiger charge is 2.22. The van der Waals surface area contributed by atoms with Gasteiger partial charge in [0.2, 0.25) is 0 Å². The van der Waals surface area contributed by atoms with Gasteiger partial charge < -0.3 is 9.67 Å². The van der Waals surface area contributed by atoms with E-state index in [4.69, 9.17) is 0 Å². The van der Waals surface area contributed by atoms with Gasteiger partial charge in [-0.1, -0.05) is 31.2 Å². The normalized spacial score (nSPS) is 24.1. The maximum absolute atomic E-state index is 12.0. The van der Waals surface area contributed by atoms with Crippen molar-refractivity contribution in [2.24, 2.45) is 5.92 Å². The number of ketones is 1. The summed E-state index contributed by atoms with van der Waals surface area (Å²) >= 11 is 0. The van der Waals surface area contributed by atoms with E-state index in [1.165, 1.54) is 16.5 Å². The highest BCUT2D eigenvalue weighted by atomic mass is 16.3. The van der Waals surface area contributed by atoms with Crippen LogP contribution in [0.5, 0.6) is 0 Å². The van der Waals surface area contributed by atoms with Crippen LogP contribution in [0, 0.1) is 5.92 Å². The second-order valence-corrected chi connectivity index (χ2v) is 6.94. The fourth-order valence-corrected chi connectivity index (χ4v) is 3.41. The minimum absolute atomic E-state index is 0.298. The molecule has 0 amide bonds. The number of hydrogen-bond acceptors (Lipinski definition) is 2. The van der Waals surface area contributed by atoms with E-state index < -0.39 is 0 Å². The summed E-state index contributed by atoms with van der Waals surface area (Å²) in [5.41, 5.74) is 3.35. The van der Waals surface area contributed by atoms with E-state index >= 15 is 0 Å². The molecule has 1 aromatic rings. The lowest BCUT2D eigenvalue weighted by molar-refractivity contribution is -0.120. The highest BCUT2D eigenvalue weighted by Crippen LogP contribution is 2.18. The van der Waals surface area contributed by atoms with Gasteiger partial charge in [-0.2, -0.15) is 0 Å². The molecule has 1 unspecified atom stereocenters. The zero-order valence-electron chi connectivity index (χ0n) is 14.2. The van der Waals surface area contributed by atoms with Gasteiger partial charge in [0.1, 0.15) is 0 Å². The molecule has 1 aromatic heterocycles. The number of carbonyl (C=O) groups is 1. The average Bonchev–Trinajstić information content (AvgIpc) is 2.75. The topological polar surface area (TPSA) is 42.2 Å². The molecule has 3 rings (SSSR count). The minimum Gasteiger partial charge on any atom is -0.512 e. The Morgan fingerprint density at radius 1 is 1.35 bits per heavy atom. The molecule has 2 heterocycles. The van der Waals surface area contributed by atoms with Crippen molar-refractivity contribution in [3.05, 3.63) is 45.3 Å². The molecule has 3 heteroatoms. The van der Waals surface area contributed by atoms with E-state index in [9.17, 15) is 9.90 Å². The van der Waals surface area contributed by atoms with Crippen LogP contribution in [-0.4, -0.2) is 15.5 Å². The molecule has 0 saturated carbocycles. The van der Waals surface area contributed by atoms with Gasteiger partial charge in [-0.3, -0.25) is 4.79 Å². The van der Waals surface area contributed by atoms with E-state index in [0.717, 1.165) is 23.8 Å². The zero-order valence-corrected chi connectivity index (χ0v) is 14.2. The number of allylic oxidation sites excluding steroid dienone is 4. The van der Waals surface area contributed by atoms with Crippen molar-refractivity contribution in [3.63, 3.8) is 0 Å². The van der Waals surface area contributed by atoms with Gasteiger partial charge in [0.15, 0.2) is 5.78 Å². The fourth-order valence-electron chi connectivity index (χ4n) is 3.41. The number of aromatic nitrogens is 1. The van der Waals surface area contributed by atoms with Crippen molar-refractivity contribution in [2.45, 2.75) is 53.0 Å². The molecule has 1 N–H and O–H groups in total. The summed E-state index contributed by atoms with van der Waals surface area (Å²) in [6.07, 6.45) is 11.6. The summed E-state index contributed by atoms with van der Waals surface area (Å²) in [6, 6.07) is 0. The number of nitrogens with zero attached hydrogens (tertiary/aromatic N) is 1. The van der Waals surface area contributed by atoms with Crippen LogP contribution in [0.1, 0.15) is 44.9 Å². The summed E-state index contributed by atoms with van der Waals surface area (Å²) in [5, 5.41) is 12.6. The number of fused-ring (bicyclic) bond motifs is 3. The Kier molecular flexibility index (Phi) is 4.29. The van der Waals surface area contributed by atoms with Crippen LogP contribution in [-0.2, 0) is 24.2 Å². The van der Waals surface area contributed by atoms with Crippen LogP contribution in [0.3, 0.4) is 0 Å². The first-order chi connectivity index (χ1) is 11.0. The van der Waals surface area contributed by atoms with Gasteiger partial charge in [-0.25, -0.2) is 0 Å². The maximum atomic E-state index is 12.0. The average molecular weight is 311 g/mol. The third-order valence-electron chi connectivity index (χ3n) is 4.85. The lowest BCUT2D eigenvalue weighted by Gasteiger charge is -2.16. The number of rotatable bonds is 2. The Labute approximate surface area is 137 Å². The van der Waals surface area contributed by atoms with Crippen molar-refractivity contribution in [1.29, 1.82) is 0 Å². The van der Waals surface area contributed by atoms with Crippen LogP contribution in [0.15, 0.2) is 23.5 Å². The molecule has 1 aliphatic heterocycles. The zero-order chi connectivity index (χ0) is 16.6. The van der Waals surface area contributed by atoms with Crippen molar-refractivity contribution >= 4 is 17.9 Å². The number of carbonyl (C=O) groups excluding carboxylic acids is 1. The molecule has 3 nitrogen and oxygen atoms in total. The number of hydrogen-bond donors (Lipinski definition) is 1. The third-order valence-corrected chi connectivity index (χ3v) is 4.85. The SMILES string of the molecule is CC(C)=C(O)Cc1c2n(c3/c1=C\C=C/C(C)C\C=3)CC(=O)CC2. The largest absolute Gasteiger partial charge is 0.512 e. The second-order valence-electron chi connectivity index (χ2n) is 6.94. The monoisotopic (exact) mass is 311 g/mol. The molecule has 1 atom stereocenters. The second kappa shape index (κ2) is 6.23. The molecule has 1 aliphatic carbocycles. The van der Waals surface area contributed by atoms with Gasteiger partial charge >= 0.3 is 0 Å². The molecule has 2 aliphatic rings. The molecule has 23 heavy (non-hydrogen) atoms. The molecule has 0 saturated heterocycles. The van der Waals surface area contributed by atoms with Gasteiger partial charge in [0.25, 0.3) is 0 Å². The van der Waals surface area contributed by atoms with Crippen LogP contribution >= 0.6 is 0 Å². The smallest absolute Gasteiger partial charge is 0.152 e. The number of aliphatic hydroxyl groups is 1. The first-order valence-corrected chi connectivity index (χ1v) is 8.43. The maximum Gasteiger partial charge on any atom is 0.152 e. The van der Waals surface area contributed by atoms with E-state index in [1.54, 1.807) is 0 Å². The molecular formula is C20H25NO2. The highest BCUT2D eigenvalue weighted by molar-refractivity contribution is 5.80. The van der Waals surface area contributed by atoms with Crippen LogP contribution in [0.25, 0.3) is 12.2 Å². The van der Waals surface area contributed by atoms with Crippen LogP contribution in [0.2, 0.25) is 0 Å². The Hall–Kier alpha value is -2.03. The van der Waals surface area contributed by atoms with E-state index in [1.807, 2.05) is 13.8 Å². The molecular weight excluding hydrogens is 286 g/mol. The van der Waals surface area contributed by atoms with Crippen LogP contribution in [0.4, 0.5) is 0 Å². The first-order valence-electron chi connectivity index (χ1n) is 8.43. The summed E-state index contributed by atoms with van der Waals surface area (Å²) in [7, 11) is 0. The lowest BCUT2D eigenvalue weighted by atomic mass is 10.00.